The van der Waals surface area contributed by atoms with Gasteiger partial charge in [-0.25, -0.2) is 0 Å². The molecule has 0 aromatic carbocycles. The number of aldehydes is 1. The van der Waals surface area contributed by atoms with E-state index in [0.717, 1.165) is 13.0 Å². The first-order valence-electron chi connectivity index (χ1n) is 7.58. The summed E-state index contributed by atoms with van der Waals surface area (Å²) in [5.41, 5.74) is -4.26. The number of allylic oxidation sites excluding steroid dienone is 3. The Hall–Kier alpha value is -1.44. The number of hydrogen-bond donors (Lipinski definition) is 1. The molecule has 1 fully saturated rings. The first-order valence-corrected chi connectivity index (χ1v) is 7.58. The zero-order valence-corrected chi connectivity index (χ0v) is 13.8. The minimum atomic E-state index is -4.70. The van der Waals surface area contributed by atoms with Gasteiger partial charge in [-0.3, -0.25) is 4.79 Å². The van der Waals surface area contributed by atoms with Gasteiger partial charge in [0, 0.05) is 6.42 Å². The van der Waals surface area contributed by atoms with Crippen molar-refractivity contribution in [2.75, 3.05) is 13.2 Å². The summed E-state index contributed by atoms with van der Waals surface area (Å²) in [6, 6.07) is 0. The maximum absolute atomic E-state index is 13.9. The van der Waals surface area contributed by atoms with Crippen LogP contribution in [0.3, 0.4) is 0 Å². The van der Waals surface area contributed by atoms with Crippen LogP contribution in [0.15, 0.2) is 35.5 Å². The highest BCUT2D eigenvalue weighted by Gasteiger charge is 2.68. The Morgan fingerprint density at radius 2 is 1.92 bits per heavy atom. The summed E-state index contributed by atoms with van der Waals surface area (Å²) in [4.78, 5) is 10.5. The molecule has 2 aliphatic rings. The molecule has 134 valence electrons. The van der Waals surface area contributed by atoms with Crippen LogP contribution in [0.25, 0.3) is 0 Å². The number of carbonyl (C=O) groups excluding carboxylic acids is 1. The molecule has 1 spiro atoms. The highest BCUT2D eigenvalue weighted by Crippen LogP contribution is 2.58. The molecule has 1 N–H and O–H groups in total. The van der Waals surface area contributed by atoms with Crippen molar-refractivity contribution in [3.05, 3.63) is 35.5 Å². The molecule has 0 aromatic heterocycles. The van der Waals surface area contributed by atoms with Crippen LogP contribution in [0, 0.1) is 5.41 Å². The average Bonchev–Trinajstić information content (AvgIpc) is 2.90. The Morgan fingerprint density at radius 3 is 2.42 bits per heavy atom. The maximum Gasteiger partial charge on any atom is 0.397 e. The third kappa shape index (κ3) is 2.96. The second kappa shape index (κ2) is 6.13. The fourth-order valence-electron chi connectivity index (χ4n) is 3.26. The van der Waals surface area contributed by atoms with E-state index < -0.39 is 29.4 Å². The van der Waals surface area contributed by atoms with Crippen LogP contribution in [0.2, 0.25) is 0 Å². The first kappa shape index (κ1) is 18.9. The monoisotopic (exact) mass is 346 g/mol. The summed E-state index contributed by atoms with van der Waals surface area (Å²) < 4.78 is 52.5. The Labute approximate surface area is 138 Å². The zero-order valence-electron chi connectivity index (χ0n) is 13.8. The molecule has 7 heteroatoms. The molecular formula is C17H21F3O4. The van der Waals surface area contributed by atoms with E-state index in [2.05, 4.69) is 0 Å². The molecule has 1 aliphatic carbocycles. The zero-order chi connectivity index (χ0) is 18.2. The van der Waals surface area contributed by atoms with Gasteiger partial charge in [0.2, 0.25) is 0 Å². The normalized spacial score (nSPS) is 34.0. The highest BCUT2D eigenvalue weighted by atomic mass is 19.4. The van der Waals surface area contributed by atoms with Crippen molar-refractivity contribution in [3.63, 3.8) is 0 Å². The van der Waals surface area contributed by atoms with Crippen molar-refractivity contribution >= 4 is 6.29 Å². The minimum Gasteiger partial charge on any atom is -0.380 e. The van der Waals surface area contributed by atoms with Crippen LogP contribution in [0.5, 0.6) is 0 Å². The Bertz CT molecular complexity index is 599. The number of ether oxygens (including phenoxy) is 2. The predicted octanol–water partition coefficient (Wildman–Crippen LogP) is 3.08. The topological polar surface area (TPSA) is 55.8 Å². The molecule has 0 unspecified atom stereocenters. The van der Waals surface area contributed by atoms with Gasteiger partial charge >= 0.3 is 6.18 Å². The lowest BCUT2D eigenvalue weighted by atomic mass is 9.61. The van der Waals surface area contributed by atoms with Crippen molar-refractivity contribution in [1.82, 2.24) is 0 Å². The van der Waals surface area contributed by atoms with E-state index in [1.165, 1.54) is 25.2 Å². The molecule has 0 aromatic rings. The fourth-order valence-corrected chi connectivity index (χ4v) is 3.26. The maximum atomic E-state index is 13.9. The molecule has 1 saturated heterocycles. The molecule has 0 saturated carbocycles. The number of alkyl halides is 3. The van der Waals surface area contributed by atoms with E-state index in [0.29, 0.717) is 11.9 Å². The van der Waals surface area contributed by atoms with Gasteiger partial charge in [-0.1, -0.05) is 6.08 Å². The lowest BCUT2D eigenvalue weighted by molar-refractivity contribution is -0.294. The van der Waals surface area contributed by atoms with Gasteiger partial charge in [0.15, 0.2) is 5.79 Å². The molecule has 1 aliphatic heterocycles. The van der Waals surface area contributed by atoms with Gasteiger partial charge in [0.1, 0.15) is 17.3 Å². The van der Waals surface area contributed by atoms with Crippen LogP contribution in [0.4, 0.5) is 13.2 Å². The van der Waals surface area contributed by atoms with Crippen LogP contribution in [0.1, 0.15) is 27.2 Å². The van der Waals surface area contributed by atoms with E-state index in [9.17, 15) is 23.1 Å². The quantitative estimate of drug-likeness (QED) is 0.369. The van der Waals surface area contributed by atoms with Gasteiger partial charge in [0.05, 0.1) is 13.2 Å². The summed E-state index contributed by atoms with van der Waals surface area (Å²) in [5, 5.41) is 11.0. The largest absolute Gasteiger partial charge is 0.397 e. The third-order valence-corrected chi connectivity index (χ3v) is 4.80. The Balaban J connectivity index is 2.57. The number of rotatable bonds is 3. The predicted molar refractivity (Wildman–Crippen MR) is 81.1 cm³/mol. The summed E-state index contributed by atoms with van der Waals surface area (Å²) >= 11 is 0. The minimum absolute atomic E-state index is 0.0885. The molecule has 24 heavy (non-hydrogen) atoms. The summed E-state index contributed by atoms with van der Waals surface area (Å²) in [6.07, 6.45) is 0.289. The molecule has 4 nitrogen and oxygen atoms in total. The van der Waals surface area contributed by atoms with Crippen molar-refractivity contribution in [3.8, 4) is 0 Å². The number of carbonyl (C=O) groups is 1. The van der Waals surface area contributed by atoms with Crippen LogP contribution < -0.4 is 0 Å². The molecule has 1 heterocycles. The van der Waals surface area contributed by atoms with Crippen molar-refractivity contribution < 1.29 is 32.5 Å². The average molecular weight is 346 g/mol. The lowest BCUT2D eigenvalue weighted by Crippen LogP contribution is -2.61. The van der Waals surface area contributed by atoms with Gasteiger partial charge in [-0.05, 0) is 50.1 Å². The molecule has 0 radical (unpaired) electrons. The summed E-state index contributed by atoms with van der Waals surface area (Å²) in [5.74, 6) is -1.47. The van der Waals surface area contributed by atoms with Gasteiger partial charge in [-0.2, -0.15) is 13.2 Å². The van der Waals surface area contributed by atoms with Crippen LogP contribution >= 0.6 is 0 Å². The number of aliphatic hydroxyl groups is 1. The van der Waals surface area contributed by atoms with Crippen molar-refractivity contribution in [2.45, 2.75) is 44.8 Å². The van der Waals surface area contributed by atoms with Crippen LogP contribution in [-0.2, 0) is 14.3 Å². The summed E-state index contributed by atoms with van der Waals surface area (Å²) in [7, 11) is 0. The fraction of sp³-hybridized carbons (Fsp3) is 0.588. The molecule has 0 amide bonds. The smallest absolute Gasteiger partial charge is 0.380 e. The summed E-state index contributed by atoms with van der Waals surface area (Å²) in [6.45, 7) is 4.34. The molecular weight excluding hydrogens is 325 g/mol. The molecule has 0 bridgehead atoms. The van der Waals surface area contributed by atoms with Crippen molar-refractivity contribution in [2.24, 2.45) is 5.41 Å². The number of halogens is 3. The Morgan fingerprint density at radius 1 is 1.33 bits per heavy atom. The SMILES string of the molecule is CC1=CC2(C[C@@](C)(C(F)(F)F)[C@@]1(O)/C=C/C(C)=C\C=O)OCCO2. The lowest BCUT2D eigenvalue weighted by Gasteiger charge is -2.51. The van der Waals surface area contributed by atoms with Gasteiger partial charge in [0.25, 0.3) is 0 Å². The van der Waals surface area contributed by atoms with Crippen molar-refractivity contribution in [1.29, 1.82) is 0 Å². The van der Waals surface area contributed by atoms with Crippen LogP contribution in [-0.4, -0.2) is 42.2 Å². The molecule has 2 rings (SSSR count). The van der Waals surface area contributed by atoms with E-state index in [-0.39, 0.29) is 18.8 Å². The third-order valence-electron chi connectivity index (χ3n) is 4.80. The van der Waals surface area contributed by atoms with E-state index in [4.69, 9.17) is 9.47 Å². The second-order valence-electron chi connectivity index (χ2n) is 6.49. The first-order chi connectivity index (χ1) is 11.0. The number of hydrogen-bond acceptors (Lipinski definition) is 4. The standard InChI is InChI=1S/C17H21F3O4/c1-12(5-7-21)4-6-16(22)13(2)10-15(23-8-9-24-15)11-14(16,3)17(18,19)20/h4-7,10,22H,8-9,11H2,1-3H3/b6-4+,12-5-/t14-,16-/m1/s1. The Kier molecular flexibility index (Phi) is 4.82. The highest BCUT2D eigenvalue weighted by molar-refractivity contribution is 5.67. The van der Waals surface area contributed by atoms with Gasteiger partial charge in [-0.15, -0.1) is 0 Å². The van der Waals surface area contributed by atoms with E-state index in [1.807, 2.05) is 0 Å². The second-order valence-corrected chi connectivity index (χ2v) is 6.49. The molecule has 2 atom stereocenters. The van der Waals surface area contributed by atoms with E-state index >= 15 is 0 Å². The van der Waals surface area contributed by atoms with E-state index in [1.54, 1.807) is 6.92 Å². The van der Waals surface area contributed by atoms with Gasteiger partial charge < -0.3 is 14.6 Å².